The molecule has 208 valence electrons. The molecule has 3 atom stereocenters. The molecule has 1 aliphatic heterocycles. The molecular formula is C20H43N5O10. The SMILES string of the molecule is CC(C)C[C@H](N)C(=O)O.CC(C)[C@H](N)C(=O)O.NCC(=O)O.NCC(=O)O.O=C(O)[C@@H]1CCCN1. The van der Waals surface area contributed by atoms with E-state index in [1.54, 1.807) is 13.8 Å². The first kappa shape index (κ1) is 39.4. The summed E-state index contributed by atoms with van der Waals surface area (Å²) in [6.45, 7) is 7.75. The van der Waals surface area contributed by atoms with Crippen molar-refractivity contribution in [2.24, 2.45) is 34.8 Å². The third kappa shape index (κ3) is 33.4. The third-order valence-corrected chi connectivity index (χ3v) is 3.75. The van der Waals surface area contributed by atoms with Crippen LogP contribution in [0.4, 0.5) is 0 Å². The van der Waals surface area contributed by atoms with Gasteiger partial charge in [-0.25, -0.2) is 0 Å². The molecule has 0 spiro atoms. The number of hydrogen-bond donors (Lipinski definition) is 10. The van der Waals surface area contributed by atoms with Crippen molar-refractivity contribution in [1.82, 2.24) is 5.32 Å². The highest BCUT2D eigenvalue weighted by Gasteiger charge is 2.20. The van der Waals surface area contributed by atoms with Gasteiger partial charge in [-0.15, -0.1) is 0 Å². The lowest BCUT2D eigenvalue weighted by Crippen LogP contribution is -2.34. The fourth-order valence-corrected chi connectivity index (χ4v) is 1.79. The molecule has 14 N–H and O–H groups in total. The van der Waals surface area contributed by atoms with Crippen LogP contribution in [0.5, 0.6) is 0 Å². The summed E-state index contributed by atoms with van der Waals surface area (Å²) in [5.74, 6) is -4.12. The molecule has 0 saturated carbocycles. The van der Waals surface area contributed by atoms with Crippen LogP contribution in [0.2, 0.25) is 0 Å². The van der Waals surface area contributed by atoms with Gasteiger partial charge in [0.1, 0.15) is 18.1 Å². The highest BCUT2D eigenvalue weighted by Crippen LogP contribution is 2.03. The highest BCUT2D eigenvalue weighted by molar-refractivity contribution is 5.74. The molecule has 0 aromatic carbocycles. The second-order valence-electron chi connectivity index (χ2n) is 7.87. The first-order valence-corrected chi connectivity index (χ1v) is 10.7. The van der Waals surface area contributed by atoms with Crippen LogP contribution in [0.15, 0.2) is 0 Å². The van der Waals surface area contributed by atoms with Crippen molar-refractivity contribution in [3.05, 3.63) is 0 Å². The molecule has 1 rings (SSSR count). The maximum atomic E-state index is 10.1. The zero-order valence-electron chi connectivity index (χ0n) is 20.7. The van der Waals surface area contributed by atoms with Crippen molar-refractivity contribution in [3.63, 3.8) is 0 Å². The van der Waals surface area contributed by atoms with Crippen LogP contribution in [-0.4, -0.2) is 93.1 Å². The van der Waals surface area contributed by atoms with Crippen molar-refractivity contribution < 1.29 is 49.5 Å². The molecule has 1 saturated heterocycles. The van der Waals surface area contributed by atoms with Crippen LogP contribution in [0.25, 0.3) is 0 Å². The molecule has 1 heterocycles. The first-order chi connectivity index (χ1) is 15.9. The summed E-state index contributed by atoms with van der Waals surface area (Å²) in [5.41, 5.74) is 19.5. The first-order valence-electron chi connectivity index (χ1n) is 10.7. The fourth-order valence-electron chi connectivity index (χ4n) is 1.79. The Morgan fingerprint density at radius 2 is 1.23 bits per heavy atom. The lowest BCUT2D eigenvalue weighted by molar-refractivity contribution is -0.140. The molecule has 1 fully saturated rings. The monoisotopic (exact) mass is 513 g/mol. The van der Waals surface area contributed by atoms with E-state index in [0.717, 1.165) is 19.4 Å². The molecule has 0 radical (unpaired) electrons. The normalized spacial score (nSPS) is 15.3. The Morgan fingerprint density at radius 3 is 1.31 bits per heavy atom. The van der Waals surface area contributed by atoms with Gasteiger partial charge < -0.3 is 53.8 Å². The van der Waals surface area contributed by atoms with Crippen LogP contribution in [0.3, 0.4) is 0 Å². The van der Waals surface area contributed by atoms with Crippen molar-refractivity contribution in [2.45, 2.75) is 65.1 Å². The fraction of sp³-hybridized carbons (Fsp3) is 0.750. The topological polar surface area (TPSA) is 303 Å². The molecule has 35 heavy (non-hydrogen) atoms. The van der Waals surface area contributed by atoms with Gasteiger partial charge in [0.25, 0.3) is 0 Å². The van der Waals surface area contributed by atoms with Crippen molar-refractivity contribution >= 4 is 29.8 Å². The van der Waals surface area contributed by atoms with Crippen molar-refractivity contribution in [2.75, 3.05) is 19.6 Å². The molecule has 15 nitrogen and oxygen atoms in total. The second kappa shape index (κ2) is 24.3. The number of hydrogen-bond acceptors (Lipinski definition) is 10. The van der Waals surface area contributed by atoms with Gasteiger partial charge in [0, 0.05) is 0 Å². The van der Waals surface area contributed by atoms with E-state index in [-0.39, 0.29) is 25.0 Å². The molecular weight excluding hydrogens is 470 g/mol. The van der Waals surface area contributed by atoms with Crippen LogP contribution >= 0.6 is 0 Å². The minimum absolute atomic E-state index is 0.0208. The summed E-state index contributed by atoms with van der Waals surface area (Å²) < 4.78 is 0. The standard InChI is InChI=1S/C6H13NO2.C5H9NO2.C5H11NO2.2C2H5NO2/c1-4(2)3-5(7)6(8)9;7-5(8)4-2-1-3-6-4;1-3(2)4(6)5(7)8;2*3-1-2(4)5/h4-5H,3,7H2,1-2H3,(H,8,9);4,6H,1-3H2,(H,7,8);3-4H,6H2,1-2H3,(H,7,8);2*1,3H2,(H,4,5)/t5-;2*4-;;/m000../s1. The third-order valence-electron chi connectivity index (χ3n) is 3.75. The highest BCUT2D eigenvalue weighted by atomic mass is 16.4. The summed E-state index contributed by atoms with van der Waals surface area (Å²) >= 11 is 0. The average Bonchev–Trinajstić information content (AvgIpc) is 3.29. The number of aliphatic carboxylic acids is 5. The Kier molecular flexibility index (Phi) is 27.3. The molecule has 0 aliphatic carbocycles. The predicted octanol–water partition coefficient (Wildman–Crippen LogP) is -1.62. The van der Waals surface area contributed by atoms with E-state index in [9.17, 15) is 24.0 Å². The molecule has 0 aromatic heterocycles. The van der Waals surface area contributed by atoms with Gasteiger partial charge in [-0.05, 0) is 37.6 Å². The number of nitrogens with two attached hydrogens (primary N) is 4. The van der Waals surface area contributed by atoms with E-state index in [1.165, 1.54) is 0 Å². The van der Waals surface area contributed by atoms with Crippen LogP contribution in [0, 0.1) is 11.8 Å². The zero-order chi connectivity index (χ0) is 28.7. The molecule has 0 aromatic rings. The number of carboxylic acids is 5. The molecule has 1 aliphatic rings. The zero-order valence-corrected chi connectivity index (χ0v) is 20.7. The Hall–Kier alpha value is -2.85. The number of carbonyl (C=O) groups is 5. The maximum Gasteiger partial charge on any atom is 0.320 e. The van der Waals surface area contributed by atoms with Crippen LogP contribution in [0.1, 0.15) is 47.0 Å². The van der Waals surface area contributed by atoms with Crippen LogP contribution in [-0.2, 0) is 24.0 Å². The minimum Gasteiger partial charge on any atom is -0.480 e. The van der Waals surface area contributed by atoms with Gasteiger partial charge >= 0.3 is 29.8 Å². The summed E-state index contributed by atoms with van der Waals surface area (Å²) in [7, 11) is 0. The van der Waals surface area contributed by atoms with Gasteiger partial charge in [0.15, 0.2) is 0 Å². The quantitative estimate of drug-likeness (QED) is 0.174. The van der Waals surface area contributed by atoms with Crippen molar-refractivity contribution in [3.8, 4) is 0 Å². The summed E-state index contributed by atoms with van der Waals surface area (Å²) in [5, 5.41) is 42.9. The van der Waals surface area contributed by atoms with E-state index in [2.05, 4.69) is 16.8 Å². The molecule has 0 amide bonds. The van der Waals surface area contributed by atoms with E-state index in [1.807, 2.05) is 13.8 Å². The van der Waals surface area contributed by atoms with Gasteiger partial charge in [0.05, 0.1) is 13.1 Å². The summed E-state index contributed by atoms with van der Waals surface area (Å²) in [4.78, 5) is 48.8. The Balaban J connectivity index is -0.000000175. The van der Waals surface area contributed by atoms with Crippen molar-refractivity contribution in [1.29, 1.82) is 0 Å². The summed E-state index contributed by atoms with van der Waals surface area (Å²) in [6, 6.07) is -1.67. The largest absolute Gasteiger partial charge is 0.480 e. The average molecular weight is 514 g/mol. The summed E-state index contributed by atoms with van der Waals surface area (Å²) in [6.07, 6.45) is 2.33. The van der Waals surface area contributed by atoms with E-state index in [4.69, 9.17) is 37.0 Å². The molecule has 0 bridgehead atoms. The molecule has 0 unspecified atom stereocenters. The predicted molar refractivity (Wildman–Crippen MR) is 128 cm³/mol. The van der Waals surface area contributed by atoms with E-state index >= 15 is 0 Å². The Labute approximate surface area is 204 Å². The lowest BCUT2D eigenvalue weighted by Gasteiger charge is -2.07. The van der Waals surface area contributed by atoms with Crippen LogP contribution < -0.4 is 28.3 Å². The number of nitrogens with one attached hydrogen (secondary N) is 1. The number of rotatable bonds is 8. The molecule has 15 heteroatoms. The second-order valence-corrected chi connectivity index (χ2v) is 7.87. The lowest BCUT2D eigenvalue weighted by atomic mass is 10.1. The van der Waals surface area contributed by atoms with Gasteiger partial charge in [-0.3, -0.25) is 24.0 Å². The minimum atomic E-state index is -0.968. The van der Waals surface area contributed by atoms with Gasteiger partial charge in [0.2, 0.25) is 0 Å². The van der Waals surface area contributed by atoms with E-state index < -0.39 is 41.9 Å². The van der Waals surface area contributed by atoms with Gasteiger partial charge in [-0.2, -0.15) is 0 Å². The van der Waals surface area contributed by atoms with E-state index in [0.29, 0.717) is 12.3 Å². The van der Waals surface area contributed by atoms with Gasteiger partial charge in [-0.1, -0.05) is 27.7 Å². The Bertz CT molecular complexity index is 585. The smallest absolute Gasteiger partial charge is 0.320 e. The number of carboxylic acid groups (broad SMARTS) is 5. The Morgan fingerprint density at radius 1 is 0.829 bits per heavy atom. The maximum absolute atomic E-state index is 10.1.